The van der Waals surface area contributed by atoms with Gasteiger partial charge in [-0.3, -0.25) is 0 Å². The van der Waals surface area contributed by atoms with Crippen LogP contribution in [-0.2, 0) is 10.8 Å². The highest BCUT2D eigenvalue weighted by molar-refractivity contribution is 9.10. The first-order valence-corrected chi connectivity index (χ1v) is 25.3. The number of nitrogen functional groups attached to an aromatic ring is 1. The molecule has 3 heteroatoms. The molecule has 2 nitrogen and oxygen atoms in total. The van der Waals surface area contributed by atoms with Crippen molar-refractivity contribution in [2.24, 2.45) is 0 Å². The fraction of sp³-hybridized carbons (Fsp3) is 0.118. The molecule has 0 unspecified atom stereocenters. The Labute approximate surface area is 429 Å². The van der Waals surface area contributed by atoms with Gasteiger partial charge in [0, 0.05) is 32.4 Å². The minimum Gasteiger partial charge on any atom is -0.399 e. The summed E-state index contributed by atoms with van der Waals surface area (Å²) in [5, 5.41) is 3.67. The monoisotopic (exact) mass is 982 g/mol. The number of anilines is 3. The summed E-state index contributed by atoms with van der Waals surface area (Å²) in [5.41, 5.74) is 32.4. The van der Waals surface area contributed by atoms with Crippen LogP contribution in [0.1, 0.15) is 61.1 Å². The van der Waals surface area contributed by atoms with Crippen molar-refractivity contribution in [3.63, 3.8) is 0 Å². The van der Waals surface area contributed by atoms with Crippen molar-refractivity contribution in [1.29, 1.82) is 0 Å². The number of hydrogen-bond acceptors (Lipinski definition) is 2. The lowest BCUT2D eigenvalue weighted by molar-refractivity contribution is 0.660. The number of fused-ring (bicyclic) bond motifs is 6. The van der Waals surface area contributed by atoms with Gasteiger partial charge in [-0.15, -0.1) is 0 Å². The molecule has 71 heavy (non-hydrogen) atoms. The Kier molecular flexibility index (Phi) is 13.0. The van der Waals surface area contributed by atoms with Crippen LogP contribution in [0.2, 0.25) is 0 Å². The van der Waals surface area contributed by atoms with E-state index in [1.54, 1.807) is 0 Å². The Morgan fingerprint density at radius 1 is 0.324 bits per heavy atom. The summed E-state index contributed by atoms with van der Waals surface area (Å²) in [6, 6.07) is 82.0. The van der Waals surface area contributed by atoms with Crippen LogP contribution in [0.4, 0.5) is 17.1 Å². The van der Waals surface area contributed by atoms with E-state index in [1.165, 1.54) is 100 Å². The summed E-state index contributed by atoms with van der Waals surface area (Å²) in [7, 11) is 0. The lowest BCUT2D eigenvalue weighted by Gasteiger charge is -2.23. The van der Waals surface area contributed by atoms with Gasteiger partial charge in [-0.05, 0) is 175 Å². The summed E-state index contributed by atoms with van der Waals surface area (Å²) in [5.74, 6) is 0. The van der Waals surface area contributed by atoms with E-state index in [-0.39, 0.29) is 10.8 Å². The quantitative estimate of drug-likeness (QED) is 0.163. The Hall–Kier alpha value is -7.72. The van der Waals surface area contributed by atoms with Gasteiger partial charge >= 0.3 is 0 Å². The van der Waals surface area contributed by atoms with E-state index < -0.39 is 0 Å². The van der Waals surface area contributed by atoms with Crippen LogP contribution >= 0.6 is 15.9 Å². The first-order valence-electron chi connectivity index (χ1n) is 24.5. The lowest BCUT2D eigenvalue weighted by Crippen LogP contribution is -2.15. The minimum absolute atomic E-state index is 0.0409. The number of rotatable bonds is 6. The summed E-state index contributed by atoms with van der Waals surface area (Å²) >= 11 is 3.61. The fourth-order valence-corrected chi connectivity index (χ4v) is 10.9. The summed E-state index contributed by atoms with van der Waals surface area (Å²) in [6.45, 7) is 13.6. The molecule has 3 N–H and O–H groups in total. The summed E-state index contributed by atoms with van der Waals surface area (Å²) < 4.78 is 1.15. The summed E-state index contributed by atoms with van der Waals surface area (Å²) in [4.78, 5) is 0. The number of nitrogens with two attached hydrogens (primary N) is 1. The fourth-order valence-electron chi connectivity index (χ4n) is 10.6. The maximum Gasteiger partial charge on any atom is 0.0390 e. The van der Waals surface area contributed by atoms with Crippen LogP contribution < -0.4 is 11.1 Å². The van der Waals surface area contributed by atoms with Crippen molar-refractivity contribution >= 4 is 33.0 Å². The molecule has 0 radical (unpaired) electrons. The zero-order chi connectivity index (χ0) is 49.3. The average molecular weight is 984 g/mol. The second-order valence-electron chi connectivity index (χ2n) is 19.9. The van der Waals surface area contributed by atoms with Crippen LogP contribution in [0.5, 0.6) is 0 Å². The molecule has 0 saturated heterocycles. The molecule has 10 aromatic carbocycles. The molecule has 348 valence electrons. The normalized spacial score (nSPS) is 13.0. The van der Waals surface area contributed by atoms with E-state index in [4.69, 9.17) is 5.73 Å². The first-order chi connectivity index (χ1) is 34.3. The third-order valence-corrected chi connectivity index (χ3v) is 15.0. The van der Waals surface area contributed by atoms with Gasteiger partial charge in [0.25, 0.3) is 0 Å². The van der Waals surface area contributed by atoms with E-state index in [2.05, 4.69) is 263 Å². The van der Waals surface area contributed by atoms with E-state index in [0.717, 1.165) is 21.5 Å². The minimum atomic E-state index is -0.0594. The van der Waals surface area contributed by atoms with Gasteiger partial charge in [-0.25, -0.2) is 0 Å². The molecule has 0 fully saturated rings. The average Bonchev–Trinajstić information content (AvgIpc) is 3.75. The number of hydrogen-bond donors (Lipinski definition) is 2. The molecule has 0 atom stereocenters. The smallest absolute Gasteiger partial charge is 0.0390 e. The number of halogens is 1. The van der Waals surface area contributed by atoms with Crippen LogP contribution in [0, 0.1) is 13.8 Å². The maximum atomic E-state index is 5.75. The molecule has 12 rings (SSSR count). The predicted molar refractivity (Wildman–Crippen MR) is 308 cm³/mol. The summed E-state index contributed by atoms with van der Waals surface area (Å²) in [6.07, 6.45) is 0. The van der Waals surface area contributed by atoms with Gasteiger partial charge in [0.2, 0.25) is 0 Å². The third kappa shape index (κ3) is 9.51. The van der Waals surface area contributed by atoms with Crippen LogP contribution in [0.25, 0.3) is 66.8 Å². The van der Waals surface area contributed by atoms with E-state index >= 15 is 0 Å². The predicted octanol–water partition coefficient (Wildman–Crippen LogP) is 19.0. The number of nitrogens with one attached hydrogen (secondary N) is 1. The Bertz CT molecular complexity index is 3550. The number of aryl methyl sites for hydroxylation is 2. The molecule has 0 spiro atoms. The topological polar surface area (TPSA) is 38.0 Å². The van der Waals surface area contributed by atoms with Crippen molar-refractivity contribution in [3.8, 4) is 66.8 Å². The lowest BCUT2D eigenvalue weighted by atomic mass is 9.81. The van der Waals surface area contributed by atoms with E-state index in [1.807, 2.05) is 30.3 Å². The molecular formula is C68H59BrN2. The Balaban J connectivity index is 0.000000137. The van der Waals surface area contributed by atoms with Crippen molar-refractivity contribution in [3.05, 3.63) is 268 Å². The maximum absolute atomic E-state index is 5.75. The van der Waals surface area contributed by atoms with Crippen LogP contribution in [0.15, 0.2) is 235 Å². The van der Waals surface area contributed by atoms with E-state index in [9.17, 15) is 0 Å². The van der Waals surface area contributed by atoms with Gasteiger partial charge in [-0.1, -0.05) is 213 Å². The highest BCUT2D eigenvalue weighted by Gasteiger charge is 2.37. The van der Waals surface area contributed by atoms with Gasteiger partial charge in [0.15, 0.2) is 0 Å². The molecule has 0 aliphatic heterocycles. The largest absolute Gasteiger partial charge is 0.399 e. The zero-order valence-electron chi connectivity index (χ0n) is 41.4. The molecular weight excluding hydrogens is 925 g/mol. The van der Waals surface area contributed by atoms with Crippen molar-refractivity contribution < 1.29 is 0 Å². The first kappa shape index (κ1) is 47.0. The molecule has 0 amide bonds. The SMILES string of the molecule is CC1(C)c2cc(Br)ccc2-c2ccc(-c3ccccc3)cc21.Cc1ccccc1-c1cccc(N)c1.Cc1ccccc1-c1cccc(Nc2ccc3c(c2)C(C)(C)c2cc(-c4ccccc4)ccc2-3)c1. The molecule has 0 aromatic heterocycles. The molecule has 0 saturated carbocycles. The Morgan fingerprint density at radius 3 is 1.25 bits per heavy atom. The van der Waals surface area contributed by atoms with Crippen molar-refractivity contribution in [2.75, 3.05) is 11.1 Å². The molecule has 10 aromatic rings. The second kappa shape index (κ2) is 19.6. The van der Waals surface area contributed by atoms with E-state index in [0.29, 0.717) is 0 Å². The van der Waals surface area contributed by atoms with Crippen LogP contribution in [-0.4, -0.2) is 0 Å². The molecule has 2 aliphatic carbocycles. The van der Waals surface area contributed by atoms with Gasteiger partial charge in [0.1, 0.15) is 0 Å². The van der Waals surface area contributed by atoms with Crippen molar-refractivity contribution in [1.82, 2.24) is 0 Å². The van der Waals surface area contributed by atoms with Gasteiger partial charge in [0.05, 0.1) is 0 Å². The Morgan fingerprint density at radius 2 is 0.732 bits per heavy atom. The molecule has 2 aliphatic rings. The molecule has 0 bridgehead atoms. The van der Waals surface area contributed by atoms with Gasteiger partial charge in [-0.2, -0.15) is 0 Å². The zero-order valence-corrected chi connectivity index (χ0v) is 43.0. The third-order valence-electron chi connectivity index (χ3n) is 14.5. The molecule has 0 heterocycles. The van der Waals surface area contributed by atoms with Crippen molar-refractivity contribution in [2.45, 2.75) is 52.4 Å². The number of benzene rings is 10. The van der Waals surface area contributed by atoms with Gasteiger partial charge < -0.3 is 11.1 Å². The highest BCUT2D eigenvalue weighted by atomic mass is 79.9. The second-order valence-corrected chi connectivity index (χ2v) is 20.8. The highest BCUT2D eigenvalue weighted by Crippen LogP contribution is 2.52. The van der Waals surface area contributed by atoms with Crippen LogP contribution in [0.3, 0.4) is 0 Å². The standard InChI is InChI=1S/C34H29N.C21H17Br.C13H13N/c1-23-10-7-8-15-29(23)26-13-9-14-27(20-26)35-28-17-19-31-30-18-16-25(24-11-5-4-6-12-24)21-32(30)34(2,3)33(31)22-28;1-21(2)19-12-15(14-6-4-3-5-7-14)8-10-17(19)18-11-9-16(22)13-20(18)21;1-10-5-2-3-8-13(10)11-6-4-7-12(14)9-11/h4-22,35H,1-3H3;3-13H,1-2H3;2-9H,14H2,1H3.